The molecule has 2 amide bonds. The Morgan fingerprint density at radius 2 is 1.92 bits per heavy atom. The van der Waals surface area contributed by atoms with E-state index in [4.69, 9.17) is 0 Å². The lowest BCUT2D eigenvalue weighted by atomic mass is 10.1. The number of nitrogens with zero attached hydrogens (tertiary/aromatic N) is 1. The molecule has 0 saturated carbocycles. The van der Waals surface area contributed by atoms with E-state index in [0.717, 1.165) is 5.56 Å². The minimum absolute atomic E-state index is 0.268. The topological polar surface area (TPSA) is 71.1 Å². The smallest absolute Gasteiger partial charge is 0.257 e. The van der Waals surface area contributed by atoms with Gasteiger partial charge in [0.15, 0.2) is 5.13 Å². The van der Waals surface area contributed by atoms with Crippen LogP contribution in [0.3, 0.4) is 0 Å². The molecule has 0 atom stereocenters. The average molecular weight is 369 g/mol. The first-order valence-electron chi connectivity index (χ1n) is 7.83. The van der Waals surface area contributed by atoms with E-state index in [-0.39, 0.29) is 11.8 Å². The van der Waals surface area contributed by atoms with Crippen molar-refractivity contribution in [3.8, 4) is 11.3 Å². The summed E-state index contributed by atoms with van der Waals surface area (Å²) in [7, 11) is 0. The predicted molar refractivity (Wildman–Crippen MR) is 101 cm³/mol. The first-order chi connectivity index (χ1) is 12.4. The number of hydrogen-bond acceptors (Lipinski definition) is 4. The molecule has 0 aliphatic carbocycles. The molecule has 0 aliphatic heterocycles. The number of halogens is 1. The van der Waals surface area contributed by atoms with Gasteiger partial charge in [0.1, 0.15) is 5.82 Å². The monoisotopic (exact) mass is 369 g/mol. The van der Waals surface area contributed by atoms with E-state index in [9.17, 15) is 14.0 Å². The van der Waals surface area contributed by atoms with E-state index in [2.05, 4.69) is 15.6 Å². The Balaban J connectivity index is 1.77. The van der Waals surface area contributed by atoms with Gasteiger partial charge in [-0.2, -0.15) is 0 Å². The molecule has 0 spiro atoms. The second kappa shape index (κ2) is 7.45. The third kappa shape index (κ3) is 4.12. The van der Waals surface area contributed by atoms with Crippen molar-refractivity contribution in [3.63, 3.8) is 0 Å². The molecule has 2 aromatic carbocycles. The fourth-order valence-electron chi connectivity index (χ4n) is 2.41. The normalized spacial score (nSPS) is 10.4. The van der Waals surface area contributed by atoms with E-state index in [1.807, 2.05) is 19.1 Å². The Hall–Kier alpha value is -3.06. The summed E-state index contributed by atoms with van der Waals surface area (Å²) in [6.45, 7) is 3.26. The van der Waals surface area contributed by atoms with Gasteiger partial charge in [-0.1, -0.05) is 17.7 Å². The first kappa shape index (κ1) is 17.8. The summed E-state index contributed by atoms with van der Waals surface area (Å²) in [5.74, 6) is -1.04. The zero-order chi connectivity index (χ0) is 18.7. The van der Waals surface area contributed by atoms with Crippen molar-refractivity contribution in [2.24, 2.45) is 0 Å². The molecule has 0 fully saturated rings. The van der Waals surface area contributed by atoms with Crippen molar-refractivity contribution in [3.05, 3.63) is 64.8 Å². The van der Waals surface area contributed by atoms with Crippen LogP contribution in [0.4, 0.5) is 15.2 Å². The maximum Gasteiger partial charge on any atom is 0.257 e. The van der Waals surface area contributed by atoms with Crippen LogP contribution in [0.15, 0.2) is 47.8 Å². The molecular formula is C19H16FN3O2S. The molecule has 5 nitrogen and oxygen atoms in total. The first-order valence-corrected chi connectivity index (χ1v) is 8.71. The summed E-state index contributed by atoms with van der Waals surface area (Å²) >= 11 is 1.22. The molecule has 132 valence electrons. The van der Waals surface area contributed by atoms with Crippen LogP contribution in [-0.2, 0) is 4.79 Å². The van der Waals surface area contributed by atoms with Crippen molar-refractivity contribution in [1.82, 2.24) is 4.98 Å². The molecule has 26 heavy (non-hydrogen) atoms. The zero-order valence-electron chi connectivity index (χ0n) is 14.2. The number of nitrogens with one attached hydrogen (secondary N) is 2. The zero-order valence-corrected chi connectivity index (χ0v) is 15.0. The Labute approximate surface area is 153 Å². The highest BCUT2D eigenvalue weighted by molar-refractivity contribution is 7.14. The highest BCUT2D eigenvalue weighted by Gasteiger charge is 2.13. The molecule has 0 unspecified atom stereocenters. The van der Waals surface area contributed by atoms with Gasteiger partial charge in [0.25, 0.3) is 5.91 Å². The van der Waals surface area contributed by atoms with Gasteiger partial charge >= 0.3 is 0 Å². The van der Waals surface area contributed by atoms with Crippen LogP contribution in [0.2, 0.25) is 0 Å². The molecule has 0 aliphatic rings. The maximum absolute atomic E-state index is 14.3. The van der Waals surface area contributed by atoms with Crippen molar-refractivity contribution in [2.45, 2.75) is 13.8 Å². The van der Waals surface area contributed by atoms with E-state index in [1.54, 1.807) is 29.6 Å². The second-order valence-electron chi connectivity index (χ2n) is 5.74. The second-order valence-corrected chi connectivity index (χ2v) is 6.60. The summed E-state index contributed by atoms with van der Waals surface area (Å²) in [6, 6.07) is 11.6. The van der Waals surface area contributed by atoms with Gasteiger partial charge in [0, 0.05) is 29.1 Å². The van der Waals surface area contributed by atoms with Gasteiger partial charge in [-0.25, -0.2) is 9.37 Å². The molecule has 1 heterocycles. The number of benzene rings is 2. The third-order valence-electron chi connectivity index (χ3n) is 3.57. The van der Waals surface area contributed by atoms with Crippen LogP contribution in [0.5, 0.6) is 0 Å². The number of amides is 2. The molecule has 0 bridgehead atoms. The van der Waals surface area contributed by atoms with Gasteiger partial charge in [0.05, 0.1) is 5.69 Å². The Bertz CT molecular complexity index is 984. The van der Waals surface area contributed by atoms with Crippen molar-refractivity contribution in [2.75, 3.05) is 10.6 Å². The van der Waals surface area contributed by atoms with Crippen molar-refractivity contribution in [1.29, 1.82) is 0 Å². The van der Waals surface area contributed by atoms with Gasteiger partial charge in [-0.05, 0) is 37.3 Å². The molecule has 3 rings (SSSR count). The third-order valence-corrected chi connectivity index (χ3v) is 4.33. The lowest BCUT2D eigenvalue weighted by Crippen LogP contribution is -2.11. The molecular weight excluding hydrogens is 353 g/mol. The number of anilines is 2. The number of aryl methyl sites for hydroxylation is 1. The Morgan fingerprint density at radius 3 is 2.62 bits per heavy atom. The van der Waals surface area contributed by atoms with Gasteiger partial charge < -0.3 is 5.32 Å². The van der Waals surface area contributed by atoms with Crippen LogP contribution < -0.4 is 10.6 Å². The van der Waals surface area contributed by atoms with E-state index >= 15 is 0 Å². The highest BCUT2D eigenvalue weighted by atomic mass is 32.1. The summed E-state index contributed by atoms with van der Waals surface area (Å²) in [4.78, 5) is 27.6. The standard InChI is InChI=1S/C19H16FN3O2S/c1-11-4-3-5-13(8-11)18(25)23-19-22-17(10-26-19)15-7-6-14(9-16(15)20)21-12(2)24/h3-10H,1-2H3,(H,21,24)(H,22,23,25). The quantitative estimate of drug-likeness (QED) is 0.713. The molecule has 1 aromatic heterocycles. The van der Waals surface area contributed by atoms with Crippen molar-refractivity contribution < 1.29 is 14.0 Å². The minimum atomic E-state index is -0.502. The molecule has 2 N–H and O–H groups in total. The lowest BCUT2D eigenvalue weighted by molar-refractivity contribution is -0.114. The number of carbonyl (C=O) groups is 2. The molecule has 0 radical (unpaired) electrons. The molecule has 0 saturated heterocycles. The highest BCUT2D eigenvalue weighted by Crippen LogP contribution is 2.29. The Kier molecular flexibility index (Phi) is 5.09. The fraction of sp³-hybridized carbons (Fsp3) is 0.105. The van der Waals surface area contributed by atoms with Crippen LogP contribution in [-0.4, -0.2) is 16.8 Å². The fourth-order valence-corrected chi connectivity index (χ4v) is 3.12. The Morgan fingerprint density at radius 1 is 1.12 bits per heavy atom. The molecule has 7 heteroatoms. The summed E-state index contributed by atoms with van der Waals surface area (Å²) in [6.07, 6.45) is 0. The summed E-state index contributed by atoms with van der Waals surface area (Å²) in [5.41, 5.74) is 2.61. The number of rotatable bonds is 4. The maximum atomic E-state index is 14.3. The number of hydrogen-bond donors (Lipinski definition) is 2. The average Bonchev–Trinajstić information content (AvgIpc) is 3.02. The largest absolute Gasteiger partial charge is 0.326 e. The van der Waals surface area contributed by atoms with E-state index in [0.29, 0.717) is 27.6 Å². The minimum Gasteiger partial charge on any atom is -0.326 e. The SMILES string of the molecule is CC(=O)Nc1ccc(-c2csc(NC(=O)c3cccc(C)c3)n2)c(F)c1. The number of carbonyl (C=O) groups excluding carboxylic acids is 2. The van der Waals surface area contributed by atoms with Crippen LogP contribution in [0, 0.1) is 12.7 Å². The van der Waals surface area contributed by atoms with Gasteiger partial charge in [-0.15, -0.1) is 11.3 Å². The molecule has 3 aromatic rings. The van der Waals surface area contributed by atoms with Gasteiger partial charge in [0.2, 0.25) is 5.91 Å². The lowest BCUT2D eigenvalue weighted by Gasteiger charge is -2.05. The van der Waals surface area contributed by atoms with Gasteiger partial charge in [-0.3, -0.25) is 14.9 Å². The van der Waals surface area contributed by atoms with Crippen LogP contribution in [0.1, 0.15) is 22.8 Å². The van der Waals surface area contributed by atoms with Crippen molar-refractivity contribution >= 4 is 34.0 Å². The predicted octanol–water partition coefficient (Wildman–Crippen LogP) is 4.47. The summed E-state index contributed by atoms with van der Waals surface area (Å²) in [5, 5.41) is 7.30. The number of thiazole rings is 1. The number of aromatic nitrogens is 1. The van der Waals surface area contributed by atoms with Crippen LogP contribution in [0.25, 0.3) is 11.3 Å². The van der Waals surface area contributed by atoms with E-state index in [1.165, 1.54) is 24.3 Å². The van der Waals surface area contributed by atoms with Crippen LogP contribution >= 0.6 is 11.3 Å². The van der Waals surface area contributed by atoms with E-state index < -0.39 is 5.82 Å². The summed E-state index contributed by atoms with van der Waals surface area (Å²) < 4.78 is 14.3.